The molecule has 0 aliphatic rings. The topological polar surface area (TPSA) is 52.7 Å². The number of nitrogens with zero attached hydrogens (tertiary/aromatic N) is 2. The molecule has 26 heavy (non-hydrogen) atoms. The third-order valence-corrected chi connectivity index (χ3v) is 4.52. The van der Waals surface area contributed by atoms with Crippen molar-refractivity contribution in [2.24, 2.45) is 11.8 Å². The Morgan fingerprint density at radius 2 is 1.62 bits per heavy atom. The summed E-state index contributed by atoms with van der Waals surface area (Å²) in [6, 6.07) is 7.72. The van der Waals surface area contributed by atoms with Crippen molar-refractivity contribution >= 4 is 29.3 Å². The average molecular weight is 380 g/mol. The summed E-state index contributed by atoms with van der Waals surface area (Å²) in [4.78, 5) is 29.6. The molecule has 0 heterocycles. The zero-order chi connectivity index (χ0) is 19.7. The number of thioether (sulfide) groups is 1. The fourth-order valence-corrected chi connectivity index (χ4v) is 3.28. The molecule has 0 bridgehead atoms. The molecule has 0 aromatic heterocycles. The van der Waals surface area contributed by atoms with Crippen LogP contribution in [0.25, 0.3) is 0 Å². The van der Waals surface area contributed by atoms with E-state index in [9.17, 15) is 9.59 Å². The van der Waals surface area contributed by atoms with Crippen molar-refractivity contribution in [3.05, 3.63) is 24.3 Å². The first-order valence-electron chi connectivity index (χ1n) is 9.12. The van der Waals surface area contributed by atoms with Crippen molar-refractivity contribution in [2.75, 3.05) is 44.8 Å². The quantitative estimate of drug-likeness (QED) is 0.633. The first kappa shape index (κ1) is 22.5. The Morgan fingerprint density at radius 1 is 1.04 bits per heavy atom. The second-order valence-corrected chi connectivity index (χ2v) is 8.36. The minimum absolute atomic E-state index is 0.0761. The lowest BCUT2D eigenvalue weighted by atomic mass is 10.1. The van der Waals surface area contributed by atoms with Gasteiger partial charge in [-0.25, -0.2) is 0 Å². The largest absolute Gasteiger partial charge is 0.341 e. The molecular formula is C20H33N3O2S. The first-order chi connectivity index (χ1) is 12.2. The van der Waals surface area contributed by atoms with E-state index in [0.29, 0.717) is 11.8 Å². The van der Waals surface area contributed by atoms with Crippen molar-refractivity contribution in [1.29, 1.82) is 0 Å². The van der Waals surface area contributed by atoms with Crippen molar-refractivity contribution < 1.29 is 9.59 Å². The number of carbonyl (C=O) groups excluding carboxylic acids is 2. The maximum Gasteiger partial charge on any atom is 0.238 e. The van der Waals surface area contributed by atoms with E-state index >= 15 is 0 Å². The van der Waals surface area contributed by atoms with E-state index < -0.39 is 0 Å². The number of nitrogens with one attached hydrogen (secondary N) is 1. The van der Waals surface area contributed by atoms with Gasteiger partial charge in [0.25, 0.3) is 0 Å². The minimum Gasteiger partial charge on any atom is -0.341 e. The molecule has 0 unspecified atom stereocenters. The van der Waals surface area contributed by atoms with Crippen LogP contribution in [0.2, 0.25) is 0 Å². The average Bonchev–Trinajstić information content (AvgIpc) is 2.53. The summed E-state index contributed by atoms with van der Waals surface area (Å²) in [7, 11) is 1.81. The van der Waals surface area contributed by atoms with Gasteiger partial charge in [0.15, 0.2) is 0 Å². The smallest absolute Gasteiger partial charge is 0.238 e. The second-order valence-electron chi connectivity index (χ2n) is 7.51. The minimum atomic E-state index is -0.110. The number of rotatable bonds is 10. The fraction of sp³-hybridized carbons (Fsp3) is 0.600. The summed E-state index contributed by atoms with van der Waals surface area (Å²) in [5.74, 6) is 0.817. The number of amides is 2. The number of hydrogen-bond acceptors (Lipinski definition) is 4. The highest BCUT2D eigenvalue weighted by atomic mass is 32.2. The van der Waals surface area contributed by atoms with Crippen LogP contribution in [0, 0.1) is 11.8 Å². The van der Waals surface area contributed by atoms with Crippen LogP contribution < -0.4 is 5.32 Å². The summed E-state index contributed by atoms with van der Waals surface area (Å²) in [5.41, 5.74) is 0.811. The SMILES string of the molecule is CSc1ccccc1NC(=O)CN(C)CC(=O)N(CC(C)C)CC(C)C. The molecule has 5 nitrogen and oxygen atoms in total. The predicted octanol–water partition coefficient (Wildman–Crippen LogP) is 3.42. The Kier molecular flexibility index (Phi) is 9.73. The Bertz CT molecular complexity index is 580. The van der Waals surface area contributed by atoms with Crippen LogP contribution in [0.3, 0.4) is 0 Å². The number of likely N-dealkylation sites (N-methyl/N-ethyl adjacent to an activating group) is 1. The van der Waals surface area contributed by atoms with Crippen LogP contribution in [-0.4, -0.2) is 61.1 Å². The molecule has 1 N–H and O–H groups in total. The molecule has 0 spiro atoms. The molecule has 0 atom stereocenters. The summed E-state index contributed by atoms with van der Waals surface area (Å²) >= 11 is 1.59. The summed E-state index contributed by atoms with van der Waals surface area (Å²) in [6.07, 6.45) is 1.98. The van der Waals surface area contributed by atoms with Gasteiger partial charge < -0.3 is 10.2 Å². The number of carbonyl (C=O) groups is 2. The van der Waals surface area contributed by atoms with E-state index in [1.165, 1.54) is 0 Å². The van der Waals surface area contributed by atoms with Crippen LogP contribution in [0.4, 0.5) is 5.69 Å². The van der Waals surface area contributed by atoms with Gasteiger partial charge in [-0.3, -0.25) is 14.5 Å². The van der Waals surface area contributed by atoms with Gasteiger partial charge in [0.2, 0.25) is 11.8 Å². The highest BCUT2D eigenvalue weighted by molar-refractivity contribution is 7.98. The Balaban J connectivity index is 2.58. The first-order valence-corrected chi connectivity index (χ1v) is 10.3. The van der Waals surface area contributed by atoms with Crippen LogP contribution >= 0.6 is 11.8 Å². The van der Waals surface area contributed by atoms with Crippen LogP contribution in [0.1, 0.15) is 27.7 Å². The van der Waals surface area contributed by atoms with Gasteiger partial charge >= 0.3 is 0 Å². The maximum atomic E-state index is 12.6. The molecule has 0 aliphatic heterocycles. The normalized spacial score (nSPS) is 11.3. The molecule has 1 aromatic carbocycles. The molecule has 0 radical (unpaired) electrons. The Morgan fingerprint density at radius 3 is 2.15 bits per heavy atom. The second kappa shape index (κ2) is 11.2. The Labute approximate surface area is 162 Å². The van der Waals surface area contributed by atoms with E-state index in [2.05, 4.69) is 33.0 Å². The van der Waals surface area contributed by atoms with E-state index in [-0.39, 0.29) is 24.9 Å². The molecule has 0 saturated carbocycles. The van der Waals surface area contributed by atoms with Crippen LogP contribution in [-0.2, 0) is 9.59 Å². The third-order valence-electron chi connectivity index (χ3n) is 3.72. The molecule has 0 fully saturated rings. The zero-order valence-corrected chi connectivity index (χ0v) is 17.7. The van der Waals surface area contributed by atoms with Crippen molar-refractivity contribution in [1.82, 2.24) is 9.80 Å². The lowest BCUT2D eigenvalue weighted by Gasteiger charge is -2.28. The molecule has 2 amide bonds. The third kappa shape index (κ3) is 8.23. The summed E-state index contributed by atoms with van der Waals surface area (Å²) < 4.78 is 0. The standard InChI is InChI=1S/C20H33N3O2S/c1-15(2)11-23(12-16(3)4)20(25)14-22(5)13-19(24)21-17-9-7-8-10-18(17)26-6/h7-10,15-16H,11-14H2,1-6H3,(H,21,24). The number of benzene rings is 1. The van der Waals surface area contributed by atoms with Crippen molar-refractivity contribution in [2.45, 2.75) is 32.6 Å². The van der Waals surface area contributed by atoms with Gasteiger partial charge in [-0.05, 0) is 37.3 Å². The highest BCUT2D eigenvalue weighted by Gasteiger charge is 2.19. The van der Waals surface area contributed by atoms with E-state index in [4.69, 9.17) is 0 Å². The lowest BCUT2D eigenvalue weighted by Crippen LogP contribution is -2.44. The van der Waals surface area contributed by atoms with E-state index in [0.717, 1.165) is 23.7 Å². The Hall–Kier alpha value is -1.53. The van der Waals surface area contributed by atoms with Gasteiger partial charge in [-0.2, -0.15) is 0 Å². The fourth-order valence-electron chi connectivity index (χ4n) is 2.73. The highest BCUT2D eigenvalue weighted by Crippen LogP contribution is 2.24. The van der Waals surface area contributed by atoms with Gasteiger partial charge in [0, 0.05) is 18.0 Å². The van der Waals surface area contributed by atoms with Gasteiger partial charge in [0.1, 0.15) is 0 Å². The molecule has 0 aliphatic carbocycles. The molecule has 146 valence electrons. The molecular weight excluding hydrogens is 346 g/mol. The predicted molar refractivity (Wildman–Crippen MR) is 111 cm³/mol. The van der Waals surface area contributed by atoms with Crippen LogP contribution in [0.15, 0.2) is 29.2 Å². The van der Waals surface area contributed by atoms with Gasteiger partial charge in [-0.1, -0.05) is 39.8 Å². The van der Waals surface area contributed by atoms with Crippen molar-refractivity contribution in [3.63, 3.8) is 0 Å². The monoisotopic (exact) mass is 379 g/mol. The number of hydrogen-bond donors (Lipinski definition) is 1. The van der Waals surface area contributed by atoms with Crippen LogP contribution in [0.5, 0.6) is 0 Å². The zero-order valence-electron chi connectivity index (χ0n) is 16.9. The summed E-state index contributed by atoms with van der Waals surface area (Å²) in [5, 5.41) is 2.93. The van der Waals surface area contributed by atoms with Crippen molar-refractivity contribution in [3.8, 4) is 0 Å². The lowest BCUT2D eigenvalue weighted by molar-refractivity contribution is -0.133. The maximum absolute atomic E-state index is 12.6. The molecule has 1 rings (SSSR count). The van der Waals surface area contributed by atoms with Gasteiger partial charge in [0.05, 0.1) is 18.8 Å². The molecule has 6 heteroatoms. The van der Waals surface area contributed by atoms with E-state index in [1.807, 2.05) is 35.4 Å². The summed E-state index contributed by atoms with van der Waals surface area (Å²) in [6.45, 7) is 10.4. The molecule has 1 aromatic rings. The number of para-hydroxylation sites is 1. The molecule has 0 saturated heterocycles. The number of anilines is 1. The van der Waals surface area contributed by atoms with Gasteiger partial charge in [-0.15, -0.1) is 11.8 Å². The van der Waals surface area contributed by atoms with E-state index in [1.54, 1.807) is 23.7 Å².